The molecule has 2 aliphatic rings. The van der Waals surface area contributed by atoms with Crippen LogP contribution >= 0.6 is 0 Å². The summed E-state index contributed by atoms with van der Waals surface area (Å²) in [6, 6.07) is 8.11. The highest BCUT2D eigenvalue weighted by atomic mass is 28.4. The molecule has 2 aliphatic heterocycles. The number of hydrogen-bond donors (Lipinski definition) is 0. The van der Waals surface area contributed by atoms with Crippen LogP contribution in [-0.4, -0.2) is 67.0 Å². The quantitative estimate of drug-likeness (QED) is 0.0700. The fourth-order valence-corrected chi connectivity index (χ4v) is 9.22. The Morgan fingerprint density at radius 3 is 2.28 bits per heavy atom. The third kappa shape index (κ3) is 16.6. The minimum absolute atomic E-state index is 0.0135. The molecule has 3 rings (SSSR count). The van der Waals surface area contributed by atoms with Crippen molar-refractivity contribution in [3.8, 4) is 18.1 Å². The van der Waals surface area contributed by atoms with Gasteiger partial charge in [0.15, 0.2) is 16.6 Å². The summed E-state index contributed by atoms with van der Waals surface area (Å²) in [5.74, 6) is 4.00. The van der Waals surface area contributed by atoms with Gasteiger partial charge in [-0.25, -0.2) is 0 Å². The fraction of sp³-hybridized carbons (Fsp3) is 0.633. The third-order valence-electron chi connectivity index (χ3n) is 12.2. The molecular formula is C49H78O6Si2. The van der Waals surface area contributed by atoms with Crippen molar-refractivity contribution < 1.29 is 27.8 Å². The molecule has 1 aromatic rings. The Bertz CT molecular complexity index is 1550. The minimum atomic E-state index is -2.20. The molecule has 0 saturated heterocycles. The maximum absolute atomic E-state index is 7.22. The van der Waals surface area contributed by atoms with Gasteiger partial charge >= 0.3 is 0 Å². The summed E-state index contributed by atoms with van der Waals surface area (Å²) in [4.78, 5) is 0. The summed E-state index contributed by atoms with van der Waals surface area (Å²) in [6.45, 7) is 33.2. The van der Waals surface area contributed by atoms with Crippen LogP contribution in [0.25, 0.3) is 0 Å². The average molecular weight is 819 g/mol. The molecule has 0 N–H and O–H groups in total. The van der Waals surface area contributed by atoms with Crippen LogP contribution in [0.1, 0.15) is 106 Å². The predicted octanol–water partition coefficient (Wildman–Crippen LogP) is 12.7. The lowest BCUT2D eigenvalue weighted by Crippen LogP contribution is -2.47. The molecule has 318 valence electrons. The first kappa shape index (κ1) is 48.9. The molecule has 0 aliphatic carbocycles. The molecule has 6 nitrogen and oxygen atoms in total. The van der Waals surface area contributed by atoms with E-state index in [1.54, 1.807) is 7.11 Å². The molecule has 1 aromatic carbocycles. The zero-order valence-electron chi connectivity index (χ0n) is 38.0. The van der Waals surface area contributed by atoms with Gasteiger partial charge in [-0.3, -0.25) is 0 Å². The van der Waals surface area contributed by atoms with Crippen LogP contribution < -0.4 is 4.74 Å². The van der Waals surface area contributed by atoms with Gasteiger partial charge in [0, 0.05) is 6.42 Å². The average Bonchev–Trinajstić information content (AvgIpc) is 3.10. The zero-order chi connectivity index (χ0) is 42.4. The van der Waals surface area contributed by atoms with Crippen LogP contribution in [0.3, 0.4) is 0 Å². The lowest BCUT2D eigenvalue weighted by atomic mass is 9.91. The van der Waals surface area contributed by atoms with Gasteiger partial charge in [-0.05, 0) is 105 Å². The van der Waals surface area contributed by atoms with Crippen LogP contribution in [0.5, 0.6) is 5.75 Å². The lowest BCUT2D eigenvalue weighted by Gasteiger charge is -2.40. The topological polar surface area (TPSA) is 55.4 Å². The molecule has 0 spiro atoms. The molecule has 0 saturated carbocycles. The number of hydrogen-bond acceptors (Lipinski definition) is 6. The zero-order valence-corrected chi connectivity index (χ0v) is 40.0. The number of ether oxygens (including phenoxy) is 4. The molecule has 0 aromatic heterocycles. The molecule has 0 bridgehead atoms. The first-order valence-electron chi connectivity index (χ1n) is 21.3. The summed E-state index contributed by atoms with van der Waals surface area (Å²) in [6.07, 6.45) is 26.4. The van der Waals surface area contributed by atoms with Crippen molar-refractivity contribution in [1.29, 1.82) is 0 Å². The van der Waals surface area contributed by atoms with Crippen molar-refractivity contribution in [3.63, 3.8) is 0 Å². The van der Waals surface area contributed by atoms with Gasteiger partial charge in [0.2, 0.25) is 0 Å². The SMILES string of the molecule is C#CC[C@@H]1C=CC[C@@H](C[C@@H](C)CC(=C)CC(/C=C/C[C@H](OCc2ccc(OC)cc2)C(/C=C/[C@@H]2CC(C)=CCO2)O[Si](C)(C)C(C)(C)C)O[Si](C)(C)C(C)(C)C)O1. The predicted molar refractivity (Wildman–Crippen MR) is 245 cm³/mol. The first-order valence-corrected chi connectivity index (χ1v) is 27.1. The van der Waals surface area contributed by atoms with Crippen molar-refractivity contribution in [2.45, 2.75) is 180 Å². The van der Waals surface area contributed by atoms with Gasteiger partial charge in [-0.2, -0.15) is 0 Å². The number of methoxy groups -OCH3 is 1. The Kier molecular flexibility index (Phi) is 19.0. The summed E-state index contributed by atoms with van der Waals surface area (Å²) < 4.78 is 39.1. The Labute approximate surface area is 350 Å². The highest BCUT2D eigenvalue weighted by Gasteiger charge is 2.41. The van der Waals surface area contributed by atoms with E-state index in [-0.39, 0.29) is 46.7 Å². The first-order chi connectivity index (χ1) is 26.6. The second-order valence-electron chi connectivity index (χ2n) is 19.5. The lowest BCUT2D eigenvalue weighted by molar-refractivity contribution is -0.0204. The maximum Gasteiger partial charge on any atom is 0.193 e. The van der Waals surface area contributed by atoms with E-state index in [2.05, 4.69) is 149 Å². The van der Waals surface area contributed by atoms with Crippen molar-refractivity contribution in [3.05, 3.63) is 90.1 Å². The van der Waals surface area contributed by atoms with E-state index in [4.69, 9.17) is 34.2 Å². The number of benzene rings is 1. The van der Waals surface area contributed by atoms with E-state index in [0.29, 0.717) is 32.0 Å². The summed E-state index contributed by atoms with van der Waals surface area (Å²) in [7, 11) is -2.62. The standard InChI is InChI=1S/C49H78O6Si2/c1-16-19-42-20-17-21-44(53-42)34-38(3)32-39(4)35-45(54-56(12,13)48(5,6)7)22-18-23-46(52-36-40-24-26-41(50-11)27-25-40)47(55-57(14,15)49(8,9)10)29-28-43-33-37(2)30-31-51-43/h1,17-18,20,22,24-30,38,42-47H,4,19,21,23,31-36H2,2-3,5-15H3/b22-18+,29-28+/t38-,42+,43+,44-,45?,46-,47?/m0/s1. The molecule has 57 heavy (non-hydrogen) atoms. The Morgan fingerprint density at radius 2 is 1.67 bits per heavy atom. The van der Waals surface area contributed by atoms with Gasteiger partial charge < -0.3 is 27.8 Å². The van der Waals surface area contributed by atoms with E-state index >= 15 is 0 Å². The summed E-state index contributed by atoms with van der Waals surface area (Å²) >= 11 is 0. The smallest absolute Gasteiger partial charge is 0.193 e. The Morgan fingerprint density at radius 1 is 1.00 bits per heavy atom. The van der Waals surface area contributed by atoms with Crippen LogP contribution in [0, 0.1) is 18.3 Å². The molecular weight excluding hydrogens is 741 g/mol. The fourth-order valence-electron chi connectivity index (χ4n) is 6.68. The highest BCUT2D eigenvalue weighted by Crippen LogP contribution is 2.40. The summed E-state index contributed by atoms with van der Waals surface area (Å²) in [5, 5.41) is 0.0963. The molecule has 0 amide bonds. The molecule has 2 heterocycles. The van der Waals surface area contributed by atoms with Crippen molar-refractivity contribution in [2.75, 3.05) is 13.7 Å². The Hall–Kier alpha value is -2.49. The number of terminal acetylenes is 1. The van der Waals surface area contributed by atoms with Crippen LogP contribution in [0.15, 0.2) is 84.5 Å². The van der Waals surface area contributed by atoms with Crippen LogP contribution in [0.2, 0.25) is 36.3 Å². The monoisotopic (exact) mass is 819 g/mol. The van der Waals surface area contributed by atoms with E-state index in [1.165, 1.54) is 11.1 Å². The van der Waals surface area contributed by atoms with Gasteiger partial charge in [0.1, 0.15) is 5.75 Å². The van der Waals surface area contributed by atoms with Crippen molar-refractivity contribution >= 4 is 16.6 Å². The van der Waals surface area contributed by atoms with Crippen molar-refractivity contribution in [2.24, 2.45) is 5.92 Å². The largest absolute Gasteiger partial charge is 0.497 e. The number of rotatable bonds is 21. The second kappa shape index (κ2) is 22.2. The molecule has 2 unspecified atom stereocenters. The molecule has 0 fully saturated rings. The van der Waals surface area contributed by atoms with Gasteiger partial charge in [0.25, 0.3) is 0 Å². The van der Waals surface area contributed by atoms with E-state index in [9.17, 15) is 0 Å². The third-order valence-corrected chi connectivity index (χ3v) is 21.2. The van der Waals surface area contributed by atoms with E-state index in [0.717, 1.165) is 43.4 Å². The highest BCUT2D eigenvalue weighted by molar-refractivity contribution is 6.74. The van der Waals surface area contributed by atoms with Crippen molar-refractivity contribution in [1.82, 2.24) is 0 Å². The minimum Gasteiger partial charge on any atom is -0.497 e. The van der Waals surface area contributed by atoms with E-state index in [1.807, 2.05) is 12.1 Å². The van der Waals surface area contributed by atoms with Crippen LogP contribution in [0.4, 0.5) is 0 Å². The van der Waals surface area contributed by atoms with Gasteiger partial charge in [0.05, 0.1) is 56.9 Å². The maximum atomic E-state index is 7.22. The molecule has 0 radical (unpaired) electrons. The second-order valence-corrected chi connectivity index (χ2v) is 29.0. The van der Waals surface area contributed by atoms with Gasteiger partial charge in [-0.15, -0.1) is 12.3 Å². The Balaban J connectivity index is 1.89. The molecule has 7 atom stereocenters. The molecule has 8 heteroatoms. The normalized spacial score (nSPS) is 21.9. The van der Waals surface area contributed by atoms with E-state index < -0.39 is 16.6 Å². The summed E-state index contributed by atoms with van der Waals surface area (Å²) in [5.41, 5.74) is 3.64. The van der Waals surface area contributed by atoms with Crippen LogP contribution in [-0.2, 0) is 29.7 Å². The van der Waals surface area contributed by atoms with Gasteiger partial charge in [-0.1, -0.05) is 121 Å².